The zero-order chi connectivity index (χ0) is 17.4. The van der Waals surface area contributed by atoms with E-state index in [1.54, 1.807) is 12.1 Å². The molecule has 0 heterocycles. The van der Waals surface area contributed by atoms with E-state index in [9.17, 15) is 4.79 Å². The zero-order valence-electron chi connectivity index (χ0n) is 13.0. The molecule has 2 rings (SSSR count). The molecule has 0 aromatic heterocycles. The highest BCUT2D eigenvalue weighted by molar-refractivity contribution is 9.10. The smallest absolute Gasteiger partial charge is 0.258 e. The Bertz CT molecular complexity index is 720. The summed E-state index contributed by atoms with van der Waals surface area (Å²) in [5, 5.41) is 14.4. The van der Waals surface area contributed by atoms with E-state index in [2.05, 4.69) is 26.4 Å². The third-order valence-corrected chi connectivity index (χ3v) is 3.86. The Kier molecular flexibility index (Phi) is 6.62. The van der Waals surface area contributed by atoms with Crippen LogP contribution in [0.4, 0.5) is 0 Å². The number of benzene rings is 2. The molecule has 0 saturated heterocycles. The molecular formula is C17H17BrN2O4. The van der Waals surface area contributed by atoms with Gasteiger partial charge in [-0.1, -0.05) is 35.5 Å². The Hall–Kier alpha value is -2.54. The van der Waals surface area contributed by atoms with Crippen LogP contribution in [0.15, 0.2) is 52.1 Å². The summed E-state index contributed by atoms with van der Waals surface area (Å²) in [6.07, 6.45) is 1.27. The number of nitrogens with zero attached hydrogens (tertiary/aromatic N) is 1. The predicted molar refractivity (Wildman–Crippen MR) is 93.9 cm³/mol. The first kappa shape index (κ1) is 17.8. The minimum atomic E-state index is -0.238. The molecule has 2 aromatic rings. The van der Waals surface area contributed by atoms with E-state index in [1.165, 1.54) is 13.3 Å². The lowest BCUT2D eigenvalue weighted by atomic mass is 10.2. The normalized spacial score (nSPS) is 10.6. The molecule has 0 fully saturated rings. The van der Waals surface area contributed by atoms with Crippen molar-refractivity contribution in [2.45, 2.75) is 6.54 Å². The summed E-state index contributed by atoms with van der Waals surface area (Å²) in [5.41, 5.74) is 1.63. The average molecular weight is 393 g/mol. The maximum atomic E-state index is 11.9. The van der Waals surface area contributed by atoms with Crippen molar-refractivity contribution in [1.82, 2.24) is 5.32 Å². The van der Waals surface area contributed by atoms with Crippen molar-refractivity contribution >= 4 is 28.1 Å². The quantitative estimate of drug-likeness (QED) is 0.431. The number of hydrogen-bond acceptors (Lipinski definition) is 5. The number of oxime groups is 1. The molecule has 7 heteroatoms. The van der Waals surface area contributed by atoms with Crippen molar-refractivity contribution in [3.05, 3.63) is 58.1 Å². The van der Waals surface area contributed by atoms with Crippen molar-refractivity contribution in [2.24, 2.45) is 5.16 Å². The van der Waals surface area contributed by atoms with Gasteiger partial charge >= 0.3 is 0 Å². The van der Waals surface area contributed by atoms with Gasteiger partial charge in [0, 0.05) is 16.6 Å². The van der Waals surface area contributed by atoms with E-state index in [0.717, 1.165) is 5.56 Å². The zero-order valence-corrected chi connectivity index (χ0v) is 14.6. The summed E-state index contributed by atoms with van der Waals surface area (Å²) < 4.78 is 11.4. The van der Waals surface area contributed by atoms with E-state index in [4.69, 9.17) is 14.7 Å². The fourth-order valence-electron chi connectivity index (χ4n) is 1.98. The van der Waals surface area contributed by atoms with Crippen molar-refractivity contribution in [2.75, 3.05) is 13.7 Å². The molecule has 24 heavy (non-hydrogen) atoms. The molecule has 0 unspecified atom stereocenters. The minimum absolute atomic E-state index is 0.136. The molecule has 0 bridgehead atoms. The lowest BCUT2D eigenvalue weighted by Gasteiger charge is -2.12. The molecule has 0 spiro atoms. The van der Waals surface area contributed by atoms with Crippen molar-refractivity contribution < 1.29 is 19.5 Å². The number of hydrogen-bond donors (Lipinski definition) is 2. The molecule has 2 aromatic carbocycles. The van der Waals surface area contributed by atoms with Gasteiger partial charge in [0.05, 0.1) is 13.3 Å². The molecule has 0 aliphatic heterocycles. The van der Waals surface area contributed by atoms with Gasteiger partial charge in [0.2, 0.25) is 0 Å². The third kappa shape index (κ3) is 4.99. The monoisotopic (exact) mass is 392 g/mol. The second-order valence-corrected chi connectivity index (χ2v) is 5.67. The maximum Gasteiger partial charge on any atom is 0.258 e. The fourth-order valence-corrected chi connectivity index (χ4v) is 2.40. The van der Waals surface area contributed by atoms with Gasteiger partial charge in [-0.2, -0.15) is 0 Å². The average Bonchev–Trinajstić information content (AvgIpc) is 2.61. The number of halogens is 1. The van der Waals surface area contributed by atoms with Crippen LogP contribution in [-0.2, 0) is 11.3 Å². The highest BCUT2D eigenvalue weighted by atomic mass is 79.9. The van der Waals surface area contributed by atoms with Gasteiger partial charge in [-0.05, 0) is 33.6 Å². The van der Waals surface area contributed by atoms with Crippen LogP contribution in [0.25, 0.3) is 0 Å². The van der Waals surface area contributed by atoms with Crippen LogP contribution in [0.1, 0.15) is 11.1 Å². The Balaban J connectivity index is 1.95. The first-order valence-corrected chi connectivity index (χ1v) is 7.91. The second-order valence-electron chi connectivity index (χ2n) is 4.82. The molecule has 126 valence electrons. The van der Waals surface area contributed by atoms with Gasteiger partial charge in [-0.15, -0.1) is 0 Å². The molecule has 0 aliphatic carbocycles. The van der Waals surface area contributed by atoms with E-state index >= 15 is 0 Å². The van der Waals surface area contributed by atoms with Gasteiger partial charge < -0.3 is 20.0 Å². The summed E-state index contributed by atoms with van der Waals surface area (Å²) in [5.74, 6) is 0.608. The van der Waals surface area contributed by atoms with Gasteiger partial charge in [-0.3, -0.25) is 4.79 Å². The summed E-state index contributed by atoms with van der Waals surface area (Å²) in [7, 11) is 1.49. The third-order valence-electron chi connectivity index (χ3n) is 3.17. The Morgan fingerprint density at radius 2 is 2.04 bits per heavy atom. The number of carbonyl (C=O) groups excluding carboxylic acids is 1. The highest BCUT2D eigenvalue weighted by Crippen LogP contribution is 2.32. The topological polar surface area (TPSA) is 80.2 Å². The van der Waals surface area contributed by atoms with E-state index in [0.29, 0.717) is 28.1 Å². The molecular weight excluding hydrogens is 376 g/mol. The van der Waals surface area contributed by atoms with E-state index < -0.39 is 0 Å². The molecule has 0 radical (unpaired) electrons. The highest BCUT2D eigenvalue weighted by Gasteiger charge is 2.11. The first-order chi connectivity index (χ1) is 11.6. The van der Waals surface area contributed by atoms with Crippen LogP contribution in [-0.4, -0.2) is 31.0 Å². The number of ether oxygens (including phenoxy) is 2. The predicted octanol–water partition coefficient (Wildman–Crippen LogP) is 2.96. The summed E-state index contributed by atoms with van der Waals surface area (Å²) in [6, 6.07) is 12.9. The van der Waals surface area contributed by atoms with Crippen LogP contribution >= 0.6 is 15.9 Å². The lowest BCUT2D eigenvalue weighted by molar-refractivity contribution is -0.123. The van der Waals surface area contributed by atoms with Crippen LogP contribution in [0.3, 0.4) is 0 Å². The molecule has 2 N–H and O–H groups in total. The number of amides is 1. The Morgan fingerprint density at radius 3 is 2.71 bits per heavy atom. The standard InChI is InChI=1S/C17H17BrN2O4/c1-23-15-7-13(10-20-22)14(18)8-16(15)24-11-17(21)19-9-12-5-3-2-4-6-12/h2-8,10,22H,9,11H2,1H3,(H,19,21)/b20-10-. The van der Waals surface area contributed by atoms with Gasteiger partial charge in [0.15, 0.2) is 18.1 Å². The number of carbonyl (C=O) groups is 1. The molecule has 1 amide bonds. The summed E-state index contributed by atoms with van der Waals surface area (Å²) in [4.78, 5) is 11.9. The second kappa shape index (κ2) is 8.93. The molecule has 0 aliphatic rings. The largest absolute Gasteiger partial charge is 0.493 e. The maximum absolute atomic E-state index is 11.9. The summed E-state index contributed by atoms with van der Waals surface area (Å²) >= 11 is 3.34. The summed E-state index contributed by atoms with van der Waals surface area (Å²) in [6.45, 7) is 0.304. The molecule has 0 atom stereocenters. The number of methoxy groups -OCH3 is 1. The van der Waals surface area contributed by atoms with Gasteiger partial charge in [0.25, 0.3) is 5.91 Å². The van der Waals surface area contributed by atoms with Crippen LogP contribution < -0.4 is 14.8 Å². The van der Waals surface area contributed by atoms with Crippen LogP contribution in [0.2, 0.25) is 0 Å². The first-order valence-electron chi connectivity index (χ1n) is 7.12. The van der Waals surface area contributed by atoms with Crippen LogP contribution in [0, 0.1) is 0 Å². The number of nitrogens with one attached hydrogen (secondary N) is 1. The van der Waals surface area contributed by atoms with Gasteiger partial charge in [-0.25, -0.2) is 0 Å². The van der Waals surface area contributed by atoms with Crippen molar-refractivity contribution in [1.29, 1.82) is 0 Å². The minimum Gasteiger partial charge on any atom is -0.493 e. The van der Waals surface area contributed by atoms with E-state index in [-0.39, 0.29) is 12.5 Å². The Labute approximate surface area is 148 Å². The van der Waals surface area contributed by atoms with Crippen molar-refractivity contribution in [3.8, 4) is 11.5 Å². The number of rotatable bonds is 7. The lowest BCUT2D eigenvalue weighted by Crippen LogP contribution is -2.28. The fraction of sp³-hybridized carbons (Fsp3) is 0.176. The van der Waals surface area contributed by atoms with Gasteiger partial charge in [0.1, 0.15) is 0 Å². The SMILES string of the molecule is COc1cc(/C=N\O)c(Br)cc1OCC(=O)NCc1ccccc1. The Morgan fingerprint density at radius 1 is 1.29 bits per heavy atom. The van der Waals surface area contributed by atoms with Crippen LogP contribution in [0.5, 0.6) is 11.5 Å². The van der Waals surface area contributed by atoms with Crippen molar-refractivity contribution in [3.63, 3.8) is 0 Å². The molecule has 0 saturated carbocycles. The molecule has 6 nitrogen and oxygen atoms in total. The van der Waals surface area contributed by atoms with E-state index in [1.807, 2.05) is 30.3 Å².